The monoisotopic (exact) mass is 382 g/mol. The molecule has 1 aromatic carbocycles. The molecule has 0 radical (unpaired) electrons. The number of fused-ring (bicyclic) bond motifs is 1. The van der Waals surface area contributed by atoms with E-state index in [4.69, 9.17) is 4.42 Å². The van der Waals surface area contributed by atoms with Gasteiger partial charge in [-0.25, -0.2) is 4.68 Å². The zero-order chi connectivity index (χ0) is 19.5. The molecule has 0 aliphatic carbocycles. The normalized spacial score (nSPS) is 14.1. The third-order valence-corrected chi connectivity index (χ3v) is 4.83. The minimum Gasteiger partial charge on any atom is -0.424 e. The van der Waals surface area contributed by atoms with E-state index < -0.39 is 0 Å². The van der Waals surface area contributed by atoms with Crippen LogP contribution < -0.4 is 0 Å². The second kappa shape index (κ2) is 7.85. The van der Waals surface area contributed by atoms with Gasteiger partial charge in [0.05, 0.1) is 13.1 Å². The van der Waals surface area contributed by atoms with Gasteiger partial charge in [0.15, 0.2) is 5.82 Å². The number of hydrogen-bond acceptors (Lipinski definition) is 8. The molecular weight excluding hydrogens is 360 g/mol. The van der Waals surface area contributed by atoms with Crippen LogP contribution in [0.15, 0.2) is 28.7 Å². The van der Waals surface area contributed by atoms with Crippen LogP contribution in [0.2, 0.25) is 0 Å². The minimum atomic E-state index is -0.131. The number of amides is 1. The van der Waals surface area contributed by atoms with Crippen molar-refractivity contribution in [1.29, 1.82) is 0 Å². The van der Waals surface area contributed by atoms with Crippen LogP contribution in [0.4, 0.5) is 0 Å². The third kappa shape index (κ3) is 4.06. The second-order valence-electron chi connectivity index (χ2n) is 6.95. The lowest BCUT2D eigenvalue weighted by molar-refractivity contribution is -0.131. The van der Waals surface area contributed by atoms with Crippen molar-refractivity contribution in [2.75, 3.05) is 13.6 Å². The first-order chi connectivity index (χ1) is 13.6. The number of carbonyl (C=O) groups is 1. The standard InChI is InChI=1S/C18H22N8O2/c1-13-19-21-17(28-13)11-24(2)18(27)12-26-16(20-22-23-26)10-25-8-7-14-5-3-4-6-15(14)9-25/h3-6H,7-12H2,1-2H3. The first kappa shape index (κ1) is 18.2. The van der Waals surface area contributed by atoms with E-state index >= 15 is 0 Å². The average Bonchev–Trinajstić information content (AvgIpc) is 3.30. The highest BCUT2D eigenvalue weighted by atomic mass is 16.4. The fourth-order valence-corrected chi connectivity index (χ4v) is 3.29. The molecule has 0 unspecified atom stereocenters. The Labute approximate surface area is 162 Å². The predicted octanol–water partition coefficient (Wildman–Crippen LogP) is 0.581. The fraction of sp³-hybridized carbons (Fsp3) is 0.444. The minimum absolute atomic E-state index is 0.0659. The van der Waals surface area contributed by atoms with Gasteiger partial charge in [-0.05, 0) is 28.0 Å². The van der Waals surface area contributed by atoms with Crippen molar-refractivity contribution >= 4 is 5.91 Å². The van der Waals surface area contributed by atoms with Gasteiger partial charge in [0, 0.05) is 27.1 Å². The van der Waals surface area contributed by atoms with Crippen molar-refractivity contribution in [3.05, 3.63) is 53.0 Å². The molecular formula is C18H22N8O2. The van der Waals surface area contributed by atoms with Gasteiger partial charge in [0.2, 0.25) is 17.7 Å². The molecule has 10 heteroatoms. The molecule has 1 amide bonds. The van der Waals surface area contributed by atoms with E-state index in [0.29, 0.717) is 24.2 Å². The molecule has 0 fully saturated rings. The van der Waals surface area contributed by atoms with Gasteiger partial charge in [-0.15, -0.1) is 15.3 Å². The van der Waals surface area contributed by atoms with Crippen LogP contribution in [0.1, 0.15) is 28.7 Å². The van der Waals surface area contributed by atoms with Crippen molar-refractivity contribution in [3.63, 3.8) is 0 Å². The van der Waals surface area contributed by atoms with E-state index in [9.17, 15) is 4.79 Å². The number of aryl methyl sites for hydroxylation is 1. The van der Waals surface area contributed by atoms with Crippen molar-refractivity contribution in [1.82, 2.24) is 40.2 Å². The van der Waals surface area contributed by atoms with Gasteiger partial charge in [0.1, 0.15) is 6.54 Å². The Kier molecular flexibility index (Phi) is 5.11. The Bertz CT molecular complexity index is 966. The van der Waals surface area contributed by atoms with Crippen LogP contribution in [0, 0.1) is 6.92 Å². The Hall–Kier alpha value is -3.14. The lowest BCUT2D eigenvalue weighted by Gasteiger charge is -2.28. The maximum atomic E-state index is 12.5. The maximum absolute atomic E-state index is 12.5. The molecule has 1 aliphatic heterocycles. The molecule has 0 bridgehead atoms. The van der Waals surface area contributed by atoms with Gasteiger partial charge in [-0.2, -0.15) is 0 Å². The first-order valence-corrected chi connectivity index (χ1v) is 9.15. The van der Waals surface area contributed by atoms with E-state index in [0.717, 1.165) is 19.5 Å². The number of hydrogen-bond donors (Lipinski definition) is 0. The highest BCUT2D eigenvalue weighted by molar-refractivity contribution is 5.75. The van der Waals surface area contributed by atoms with Crippen molar-refractivity contribution in [2.24, 2.45) is 0 Å². The van der Waals surface area contributed by atoms with E-state index in [1.807, 2.05) is 0 Å². The summed E-state index contributed by atoms with van der Waals surface area (Å²) in [6, 6.07) is 8.47. The maximum Gasteiger partial charge on any atom is 0.244 e. The number of aromatic nitrogens is 6. The highest BCUT2D eigenvalue weighted by Gasteiger charge is 2.20. The molecule has 28 heavy (non-hydrogen) atoms. The van der Waals surface area contributed by atoms with E-state index in [1.165, 1.54) is 16.0 Å². The van der Waals surface area contributed by atoms with E-state index in [-0.39, 0.29) is 19.0 Å². The topological polar surface area (TPSA) is 106 Å². The van der Waals surface area contributed by atoms with Crippen LogP contribution in [-0.4, -0.2) is 59.7 Å². The summed E-state index contributed by atoms with van der Waals surface area (Å²) in [6.07, 6.45) is 1.00. The quantitative estimate of drug-likeness (QED) is 0.610. The van der Waals surface area contributed by atoms with Crippen LogP contribution in [0.5, 0.6) is 0 Å². The highest BCUT2D eigenvalue weighted by Crippen LogP contribution is 2.19. The van der Waals surface area contributed by atoms with Gasteiger partial charge in [-0.3, -0.25) is 9.69 Å². The second-order valence-corrected chi connectivity index (χ2v) is 6.95. The first-order valence-electron chi connectivity index (χ1n) is 9.15. The summed E-state index contributed by atoms with van der Waals surface area (Å²) < 4.78 is 6.88. The zero-order valence-corrected chi connectivity index (χ0v) is 15.9. The molecule has 0 N–H and O–H groups in total. The number of tetrazole rings is 1. The van der Waals surface area contributed by atoms with Crippen LogP contribution in [0.3, 0.4) is 0 Å². The van der Waals surface area contributed by atoms with Crippen LogP contribution in [0.25, 0.3) is 0 Å². The third-order valence-electron chi connectivity index (χ3n) is 4.83. The molecule has 10 nitrogen and oxygen atoms in total. The summed E-state index contributed by atoms with van der Waals surface area (Å²) >= 11 is 0. The van der Waals surface area contributed by atoms with E-state index in [2.05, 4.69) is 54.9 Å². The van der Waals surface area contributed by atoms with Crippen molar-refractivity contribution < 1.29 is 9.21 Å². The predicted molar refractivity (Wildman–Crippen MR) is 97.6 cm³/mol. The van der Waals surface area contributed by atoms with Crippen molar-refractivity contribution in [2.45, 2.75) is 39.5 Å². The van der Waals surface area contributed by atoms with Crippen molar-refractivity contribution in [3.8, 4) is 0 Å². The molecule has 3 aromatic rings. The van der Waals surface area contributed by atoms with Gasteiger partial charge < -0.3 is 9.32 Å². The lowest BCUT2D eigenvalue weighted by Crippen LogP contribution is -2.33. The molecule has 0 spiro atoms. The van der Waals surface area contributed by atoms with Crippen LogP contribution in [-0.2, 0) is 37.4 Å². The number of rotatable bonds is 6. The summed E-state index contributed by atoms with van der Waals surface area (Å²) in [6.45, 7) is 4.42. The average molecular weight is 382 g/mol. The Balaban J connectivity index is 1.37. The summed E-state index contributed by atoms with van der Waals surface area (Å²) in [5, 5.41) is 19.5. The van der Waals surface area contributed by atoms with E-state index in [1.54, 1.807) is 18.7 Å². The molecule has 3 heterocycles. The Morgan fingerprint density at radius 1 is 1.21 bits per heavy atom. The molecule has 0 atom stereocenters. The summed E-state index contributed by atoms with van der Waals surface area (Å²) in [4.78, 5) is 16.4. The lowest BCUT2D eigenvalue weighted by atomic mass is 10.00. The smallest absolute Gasteiger partial charge is 0.244 e. The summed E-state index contributed by atoms with van der Waals surface area (Å²) in [7, 11) is 1.69. The molecule has 2 aromatic heterocycles. The molecule has 0 saturated carbocycles. The SMILES string of the molecule is Cc1nnc(CN(C)C(=O)Cn2nnnc2CN2CCc3ccccc3C2)o1. The number of likely N-dealkylation sites (N-methyl/N-ethyl adjacent to an activating group) is 1. The molecule has 4 rings (SSSR count). The number of nitrogens with zero attached hydrogens (tertiary/aromatic N) is 8. The molecule has 0 saturated heterocycles. The fourth-order valence-electron chi connectivity index (χ4n) is 3.29. The van der Waals surface area contributed by atoms with Crippen LogP contribution >= 0.6 is 0 Å². The zero-order valence-electron chi connectivity index (χ0n) is 15.9. The number of carbonyl (C=O) groups excluding carboxylic acids is 1. The Morgan fingerprint density at radius 3 is 2.82 bits per heavy atom. The number of benzene rings is 1. The van der Waals surface area contributed by atoms with Gasteiger partial charge in [-0.1, -0.05) is 24.3 Å². The summed E-state index contributed by atoms with van der Waals surface area (Å²) in [5.41, 5.74) is 2.73. The summed E-state index contributed by atoms with van der Waals surface area (Å²) in [5.74, 6) is 1.42. The van der Waals surface area contributed by atoms with Gasteiger partial charge >= 0.3 is 0 Å². The molecule has 1 aliphatic rings. The molecule has 146 valence electrons. The largest absolute Gasteiger partial charge is 0.424 e. The van der Waals surface area contributed by atoms with Gasteiger partial charge in [0.25, 0.3) is 0 Å². The Morgan fingerprint density at radius 2 is 2.04 bits per heavy atom.